The van der Waals surface area contributed by atoms with Crippen molar-refractivity contribution in [2.45, 2.75) is 32.5 Å². The van der Waals surface area contributed by atoms with Gasteiger partial charge in [-0.15, -0.1) is 11.8 Å². The summed E-state index contributed by atoms with van der Waals surface area (Å²) in [4.78, 5) is 12.0. The second kappa shape index (κ2) is 5.41. The van der Waals surface area contributed by atoms with Gasteiger partial charge in [0.25, 0.3) is 5.79 Å². The van der Waals surface area contributed by atoms with E-state index in [-0.39, 0.29) is 0 Å². The highest BCUT2D eigenvalue weighted by Gasteiger charge is 2.34. The Kier molecular flexibility index (Phi) is 4.48. The Hall–Kier alpha value is -0.480. The van der Waals surface area contributed by atoms with Crippen LogP contribution < -0.4 is 0 Å². The predicted molar refractivity (Wildman–Crippen MR) is 57.0 cm³/mol. The summed E-state index contributed by atoms with van der Waals surface area (Å²) in [5, 5.41) is 0. The molecule has 1 aliphatic rings. The Morgan fingerprint density at radius 1 is 1.71 bits per heavy atom. The molecule has 80 valence electrons. The molecule has 0 saturated carbocycles. The van der Waals surface area contributed by atoms with Crippen molar-refractivity contribution in [2.75, 3.05) is 12.4 Å². The Bertz CT molecular complexity index is 227. The zero-order chi connectivity index (χ0) is 10.4. The van der Waals surface area contributed by atoms with Crippen molar-refractivity contribution in [1.82, 2.24) is 0 Å². The molecule has 3 nitrogen and oxygen atoms in total. The SMILES string of the molecule is CCOC1(C=O)CCC(SCC)=CO1. The van der Waals surface area contributed by atoms with E-state index in [9.17, 15) is 4.79 Å². The van der Waals surface area contributed by atoms with Crippen LogP contribution in [0.25, 0.3) is 0 Å². The molecule has 0 bridgehead atoms. The number of carbonyl (C=O) groups excluding carboxylic acids is 1. The maximum atomic E-state index is 10.9. The van der Waals surface area contributed by atoms with Crippen LogP contribution in [-0.2, 0) is 14.3 Å². The van der Waals surface area contributed by atoms with Crippen LogP contribution in [0.2, 0.25) is 0 Å². The minimum atomic E-state index is -1.02. The second-order valence-corrected chi connectivity index (χ2v) is 4.39. The van der Waals surface area contributed by atoms with Gasteiger partial charge in [-0.25, -0.2) is 0 Å². The van der Waals surface area contributed by atoms with Crippen molar-refractivity contribution < 1.29 is 14.3 Å². The van der Waals surface area contributed by atoms with Crippen LogP contribution in [0.15, 0.2) is 11.2 Å². The molecule has 14 heavy (non-hydrogen) atoms. The molecule has 0 aromatic carbocycles. The molecule has 1 aliphatic heterocycles. The van der Waals surface area contributed by atoms with E-state index in [2.05, 4.69) is 6.92 Å². The van der Waals surface area contributed by atoms with Crippen molar-refractivity contribution in [3.63, 3.8) is 0 Å². The molecule has 0 aromatic heterocycles. The fourth-order valence-corrected chi connectivity index (χ4v) is 2.08. The standard InChI is InChI=1S/C10H16O3S/c1-3-12-10(8-11)6-5-9(7-13-10)14-4-2/h7-8H,3-6H2,1-2H3. The van der Waals surface area contributed by atoms with Crippen LogP contribution in [0.5, 0.6) is 0 Å². The average molecular weight is 216 g/mol. The lowest BCUT2D eigenvalue weighted by atomic mass is 10.1. The summed E-state index contributed by atoms with van der Waals surface area (Å²) in [7, 11) is 0. The van der Waals surface area contributed by atoms with Gasteiger partial charge < -0.3 is 9.47 Å². The van der Waals surface area contributed by atoms with E-state index in [4.69, 9.17) is 9.47 Å². The number of hydrogen-bond acceptors (Lipinski definition) is 4. The van der Waals surface area contributed by atoms with Crippen molar-refractivity contribution in [3.05, 3.63) is 11.2 Å². The molecule has 0 amide bonds. The number of ether oxygens (including phenoxy) is 2. The second-order valence-electron chi connectivity index (χ2n) is 3.00. The van der Waals surface area contributed by atoms with Crippen LogP contribution in [0.4, 0.5) is 0 Å². The number of rotatable bonds is 5. The highest BCUT2D eigenvalue weighted by Crippen LogP contribution is 2.32. The number of carbonyl (C=O) groups is 1. The van der Waals surface area contributed by atoms with E-state index < -0.39 is 5.79 Å². The van der Waals surface area contributed by atoms with Gasteiger partial charge in [0.1, 0.15) is 0 Å². The number of aldehydes is 1. The fraction of sp³-hybridized carbons (Fsp3) is 0.700. The highest BCUT2D eigenvalue weighted by atomic mass is 32.2. The smallest absolute Gasteiger partial charge is 0.266 e. The fourth-order valence-electron chi connectivity index (χ4n) is 1.34. The lowest BCUT2D eigenvalue weighted by molar-refractivity contribution is -0.200. The van der Waals surface area contributed by atoms with Crippen molar-refractivity contribution >= 4 is 18.0 Å². The van der Waals surface area contributed by atoms with Gasteiger partial charge in [-0.1, -0.05) is 6.92 Å². The first-order valence-corrected chi connectivity index (χ1v) is 5.85. The third-order valence-corrected chi connectivity index (χ3v) is 2.97. The lowest BCUT2D eigenvalue weighted by Crippen LogP contribution is -2.38. The van der Waals surface area contributed by atoms with E-state index in [0.29, 0.717) is 13.0 Å². The zero-order valence-electron chi connectivity index (χ0n) is 8.62. The molecule has 0 aliphatic carbocycles. The monoisotopic (exact) mass is 216 g/mol. The van der Waals surface area contributed by atoms with Crippen LogP contribution in [-0.4, -0.2) is 24.4 Å². The summed E-state index contributed by atoms with van der Waals surface area (Å²) in [6.07, 6.45) is 3.88. The molecule has 0 aromatic rings. The van der Waals surface area contributed by atoms with E-state index >= 15 is 0 Å². The largest absolute Gasteiger partial charge is 0.462 e. The Labute approximate surface area is 88.8 Å². The minimum Gasteiger partial charge on any atom is -0.462 e. The third-order valence-electron chi connectivity index (χ3n) is 2.01. The molecule has 0 fully saturated rings. The highest BCUT2D eigenvalue weighted by molar-refractivity contribution is 8.03. The Morgan fingerprint density at radius 3 is 2.93 bits per heavy atom. The normalized spacial score (nSPS) is 26.6. The van der Waals surface area contributed by atoms with Crippen molar-refractivity contribution in [2.24, 2.45) is 0 Å². The van der Waals surface area contributed by atoms with E-state index in [1.54, 1.807) is 18.0 Å². The molecular formula is C10H16O3S. The van der Waals surface area contributed by atoms with Gasteiger partial charge >= 0.3 is 0 Å². The third kappa shape index (κ3) is 2.75. The summed E-state index contributed by atoms with van der Waals surface area (Å²) in [6, 6.07) is 0. The molecule has 1 atom stereocenters. The van der Waals surface area contributed by atoms with Crippen LogP contribution in [0.3, 0.4) is 0 Å². The average Bonchev–Trinajstić information content (AvgIpc) is 2.22. The van der Waals surface area contributed by atoms with E-state index in [1.165, 1.54) is 4.91 Å². The number of allylic oxidation sites excluding steroid dienone is 1. The summed E-state index contributed by atoms with van der Waals surface area (Å²) >= 11 is 1.75. The van der Waals surface area contributed by atoms with Gasteiger partial charge in [0, 0.05) is 17.9 Å². The molecule has 1 unspecified atom stereocenters. The van der Waals surface area contributed by atoms with Crippen molar-refractivity contribution in [1.29, 1.82) is 0 Å². The summed E-state index contributed by atoms with van der Waals surface area (Å²) in [5.74, 6) is 0.00443. The summed E-state index contributed by atoms with van der Waals surface area (Å²) in [6.45, 7) is 4.44. The molecule has 0 saturated heterocycles. The molecular weight excluding hydrogens is 200 g/mol. The molecule has 0 N–H and O–H groups in total. The van der Waals surface area contributed by atoms with Gasteiger partial charge in [0.05, 0.1) is 6.26 Å². The van der Waals surface area contributed by atoms with Gasteiger partial charge in [0.15, 0.2) is 6.29 Å². The topological polar surface area (TPSA) is 35.5 Å². The first-order chi connectivity index (χ1) is 6.76. The van der Waals surface area contributed by atoms with Gasteiger partial charge in [-0.3, -0.25) is 4.79 Å². The predicted octanol–water partition coefficient (Wildman–Crippen LogP) is 2.32. The zero-order valence-corrected chi connectivity index (χ0v) is 9.43. The summed E-state index contributed by atoms with van der Waals surface area (Å²) in [5.41, 5.74) is 0. The first-order valence-electron chi connectivity index (χ1n) is 4.86. The Balaban J connectivity index is 2.57. The molecule has 1 rings (SSSR count). The summed E-state index contributed by atoms with van der Waals surface area (Å²) < 4.78 is 10.6. The van der Waals surface area contributed by atoms with E-state index in [0.717, 1.165) is 18.5 Å². The van der Waals surface area contributed by atoms with Gasteiger partial charge in [0.2, 0.25) is 0 Å². The van der Waals surface area contributed by atoms with Crippen molar-refractivity contribution in [3.8, 4) is 0 Å². The molecule has 0 radical (unpaired) electrons. The van der Waals surface area contributed by atoms with Crippen LogP contribution >= 0.6 is 11.8 Å². The van der Waals surface area contributed by atoms with Gasteiger partial charge in [-0.2, -0.15) is 0 Å². The Morgan fingerprint density at radius 2 is 2.50 bits per heavy atom. The maximum absolute atomic E-state index is 10.9. The molecule has 1 heterocycles. The number of thioether (sulfide) groups is 1. The van der Waals surface area contributed by atoms with Crippen LogP contribution in [0, 0.1) is 0 Å². The quantitative estimate of drug-likeness (QED) is 0.661. The minimum absolute atomic E-state index is 0.489. The number of hydrogen-bond donors (Lipinski definition) is 0. The van der Waals surface area contributed by atoms with Crippen LogP contribution in [0.1, 0.15) is 26.7 Å². The maximum Gasteiger partial charge on any atom is 0.266 e. The van der Waals surface area contributed by atoms with E-state index in [1.807, 2.05) is 6.92 Å². The molecule has 0 spiro atoms. The lowest BCUT2D eigenvalue weighted by Gasteiger charge is -2.30. The van der Waals surface area contributed by atoms with Gasteiger partial charge in [-0.05, 0) is 19.1 Å². The molecule has 4 heteroatoms. The first kappa shape index (κ1) is 11.6.